The fourth-order valence-corrected chi connectivity index (χ4v) is 4.81. The highest BCUT2D eigenvalue weighted by molar-refractivity contribution is 6.05. The van der Waals surface area contributed by atoms with Crippen LogP contribution >= 0.6 is 0 Å². The Kier molecular flexibility index (Phi) is 7.06. The first-order chi connectivity index (χ1) is 17.6. The van der Waals surface area contributed by atoms with Crippen LogP contribution in [0, 0.1) is 0 Å². The van der Waals surface area contributed by atoms with Crippen LogP contribution in [0.25, 0.3) is 10.9 Å². The maximum Gasteiger partial charge on any atom is 0.325 e. The molecule has 8 nitrogen and oxygen atoms in total. The predicted molar refractivity (Wildman–Crippen MR) is 139 cm³/mol. The molecule has 3 N–H and O–H groups in total. The molecular formula is C28H29N5O3. The van der Waals surface area contributed by atoms with Gasteiger partial charge in [-0.3, -0.25) is 19.5 Å². The number of carboxylic acids is 1. The monoisotopic (exact) mass is 483 g/mol. The summed E-state index contributed by atoms with van der Waals surface area (Å²) in [5.74, 6) is -1.08. The molecule has 1 saturated heterocycles. The highest BCUT2D eigenvalue weighted by Crippen LogP contribution is 2.31. The van der Waals surface area contributed by atoms with Crippen molar-refractivity contribution in [3.8, 4) is 0 Å². The molecule has 1 atom stereocenters. The van der Waals surface area contributed by atoms with Gasteiger partial charge in [-0.2, -0.15) is 0 Å². The molecule has 3 heterocycles. The second-order valence-corrected chi connectivity index (χ2v) is 9.05. The number of hydrogen-bond donors (Lipinski definition) is 3. The number of nitrogens with one attached hydrogen (secondary N) is 2. The number of anilines is 1. The number of carbonyl (C=O) groups excluding carboxylic acids is 1. The summed E-state index contributed by atoms with van der Waals surface area (Å²) in [4.78, 5) is 36.7. The Morgan fingerprint density at radius 3 is 2.47 bits per heavy atom. The summed E-state index contributed by atoms with van der Waals surface area (Å²) >= 11 is 0. The molecule has 1 aliphatic heterocycles. The van der Waals surface area contributed by atoms with Gasteiger partial charge in [0.15, 0.2) is 0 Å². The lowest BCUT2D eigenvalue weighted by atomic mass is 10.0. The van der Waals surface area contributed by atoms with E-state index in [9.17, 15) is 14.7 Å². The number of pyridine rings is 1. The zero-order valence-electron chi connectivity index (χ0n) is 19.9. The number of hydrogen-bond acceptors (Lipinski definition) is 5. The lowest BCUT2D eigenvalue weighted by molar-refractivity contribution is -0.144. The van der Waals surface area contributed by atoms with Crippen LogP contribution < -0.4 is 5.32 Å². The Morgan fingerprint density at radius 1 is 1.00 bits per heavy atom. The maximum absolute atomic E-state index is 12.6. The van der Waals surface area contributed by atoms with Crippen molar-refractivity contribution in [3.63, 3.8) is 0 Å². The third kappa shape index (κ3) is 5.30. The Morgan fingerprint density at radius 2 is 1.75 bits per heavy atom. The highest BCUT2D eigenvalue weighted by atomic mass is 16.4. The minimum absolute atomic E-state index is 0.204. The first-order valence-corrected chi connectivity index (χ1v) is 12.1. The van der Waals surface area contributed by atoms with Gasteiger partial charge in [-0.1, -0.05) is 18.2 Å². The number of aromatic amines is 1. The summed E-state index contributed by atoms with van der Waals surface area (Å²) in [7, 11) is 0. The zero-order chi connectivity index (χ0) is 24.9. The fraction of sp³-hybridized carbons (Fsp3) is 0.250. The maximum atomic E-state index is 12.6. The Hall–Kier alpha value is -4.01. The fourth-order valence-electron chi connectivity index (χ4n) is 4.81. The number of rotatable bonds is 8. The quantitative estimate of drug-likeness (QED) is 0.352. The number of aliphatic carboxylic acids is 1. The van der Waals surface area contributed by atoms with Crippen molar-refractivity contribution in [2.45, 2.75) is 12.5 Å². The summed E-state index contributed by atoms with van der Waals surface area (Å²) < 4.78 is 0. The summed E-state index contributed by atoms with van der Waals surface area (Å²) in [6.07, 6.45) is 6.35. The van der Waals surface area contributed by atoms with E-state index in [1.165, 1.54) is 5.56 Å². The summed E-state index contributed by atoms with van der Waals surface area (Å²) in [5, 5.41) is 13.9. The molecule has 2 aromatic heterocycles. The highest BCUT2D eigenvalue weighted by Gasteiger charge is 2.32. The van der Waals surface area contributed by atoms with Crippen LogP contribution in [0.3, 0.4) is 0 Å². The molecule has 36 heavy (non-hydrogen) atoms. The van der Waals surface area contributed by atoms with E-state index in [1.54, 1.807) is 18.3 Å². The molecule has 8 heteroatoms. The second kappa shape index (κ2) is 10.7. The van der Waals surface area contributed by atoms with Crippen molar-refractivity contribution in [3.05, 3.63) is 95.9 Å². The molecule has 0 bridgehead atoms. The number of carboxylic acid groups (broad SMARTS) is 1. The minimum atomic E-state index is -0.875. The van der Waals surface area contributed by atoms with Crippen LogP contribution in [0.4, 0.5) is 5.69 Å². The van der Waals surface area contributed by atoms with Gasteiger partial charge in [-0.05, 0) is 54.4 Å². The molecule has 5 rings (SSSR count). The number of nitrogens with zero attached hydrogens (tertiary/aromatic N) is 3. The molecule has 0 unspecified atom stereocenters. The molecule has 4 aromatic rings. The molecular weight excluding hydrogens is 454 g/mol. The third-order valence-electron chi connectivity index (χ3n) is 6.77. The summed E-state index contributed by atoms with van der Waals surface area (Å²) in [6, 6.07) is 17.9. The number of carbonyl (C=O) groups is 2. The molecule has 1 amide bonds. The van der Waals surface area contributed by atoms with Crippen LogP contribution in [-0.4, -0.2) is 69.5 Å². The van der Waals surface area contributed by atoms with Crippen molar-refractivity contribution in [1.82, 2.24) is 19.8 Å². The van der Waals surface area contributed by atoms with E-state index in [0.29, 0.717) is 29.9 Å². The second-order valence-electron chi connectivity index (χ2n) is 9.05. The van der Waals surface area contributed by atoms with E-state index >= 15 is 0 Å². The van der Waals surface area contributed by atoms with E-state index in [1.807, 2.05) is 65.8 Å². The topological polar surface area (TPSA) is 102 Å². The normalized spacial score (nSPS) is 15.6. The largest absolute Gasteiger partial charge is 0.480 e. The number of aromatic nitrogens is 2. The molecule has 0 saturated carbocycles. The lowest BCUT2D eigenvalue weighted by Gasteiger charge is -2.37. The van der Waals surface area contributed by atoms with Gasteiger partial charge in [-0.15, -0.1) is 0 Å². The molecule has 1 aliphatic rings. The first-order valence-electron chi connectivity index (χ1n) is 12.1. The number of benzene rings is 2. The van der Waals surface area contributed by atoms with Gasteiger partial charge in [0, 0.05) is 79.0 Å². The molecule has 184 valence electrons. The van der Waals surface area contributed by atoms with Gasteiger partial charge in [0.05, 0.1) is 0 Å². The SMILES string of the molecule is O=C(Nc1ccc2[nH]cc([C@@H](C(=O)O)N3CCN(CCc4ccncc4)CC3)c2c1)c1ccccc1. The standard InChI is InChI=1S/C28H29N5O3/c34-27(21-4-2-1-3-5-21)31-22-6-7-25-23(18-22)24(19-30-25)26(28(35)36)33-16-14-32(15-17-33)13-10-20-8-11-29-12-9-20/h1-9,11-12,18-19,26,30H,10,13-17H2,(H,31,34)(H,35,36)/t26-/m0/s1. The van der Waals surface area contributed by atoms with Gasteiger partial charge < -0.3 is 20.3 Å². The number of fused-ring (bicyclic) bond motifs is 1. The number of H-pyrrole nitrogens is 1. The van der Waals surface area contributed by atoms with Crippen LogP contribution in [0.15, 0.2) is 79.3 Å². The Bertz CT molecular complexity index is 1330. The van der Waals surface area contributed by atoms with E-state index < -0.39 is 12.0 Å². The summed E-state index contributed by atoms with van der Waals surface area (Å²) in [6.45, 7) is 3.91. The smallest absolute Gasteiger partial charge is 0.325 e. The van der Waals surface area contributed by atoms with E-state index in [2.05, 4.69) is 20.2 Å². The van der Waals surface area contributed by atoms with Gasteiger partial charge in [0.2, 0.25) is 0 Å². The lowest BCUT2D eigenvalue weighted by Crippen LogP contribution is -2.49. The van der Waals surface area contributed by atoms with E-state index in [-0.39, 0.29) is 5.91 Å². The molecule has 0 radical (unpaired) electrons. The first kappa shape index (κ1) is 23.7. The van der Waals surface area contributed by atoms with Crippen LogP contribution in [0.1, 0.15) is 27.5 Å². The van der Waals surface area contributed by atoms with Gasteiger partial charge in [-0.25, -0.2) is 0 Å². The van der Waals surface area contributed by atoms with Crippen molar-refractivity contribution >= 4 is 28.5 Å². The van der Waals surface area contributed by atoms with Crippen LogP contribution in [-0.2, 0) is 11.2 Å². The van der Waals surface area contributed by atoms with Crippen molar-refractivity contribution in [2.75, 3.05) is 38.0 Å². The Labute approximate surface area is 209 Å². The number of amides is 1. The summed E-state index contributed by atoms with van der Waals surface area (Å²) in [5.41, 5.74) is 3.99. The van der Waals surface area contributed by atoms with Crippen molar-refractivity contribution in [1.29, 1.82) is 0 Å². The molecule has 1 fully saturated rings. The molecule has 2 aromatic carbocycles. The Balaban J connectivity index is 1.29. The van der Waals surface area contributed by atoms with Crippen LogP contribution in [0.2, 0.25) is 0 Å². The predicted octanol–water partition coefficient (Wildman–Crippen LogP) is 3.80. The van der Waals surface area contributed by atoms with E-state index in [0.717, 1.165) is 37.0 Å². The van der Waals surface area contributed by atoms with Gasteiger partial charge >= 0.3 is 5.97 Å². The molecule has 0 spiro atoms. The van der Waals surface area contributed by atoms with Crippen LogP contribution in [0.5, 0.6) is 0 Å². The zero-order valence-corrected chi connectivity index (χ0v) is 19.9. The molecule has 0 aliphatic carbocycles. The van der Waals surface area contributed by atoms with Gasteiger partial charge in [0.1, 0.15) is 6.04 Å². The average Bonchev–Trinajstić information content (AvgIpc) is 3.32. The van der Waals surface area contributed by atoms with Crippen molar-refractivity contribution in [2.24, 2.45) is 0 Å². The van der Waals surface area contributed by atoms with Crippen molar-refractivity contribution < 1.29 is 14.7 Å². The average molecular weight is 484 g/mol. The number of piperazine rings is 1. The minimum Gasteiger partial charge on any atom is -0.480 e. The van der Waals surface area contributed by atoms with E-state index in [4.69, 9.17) is 0 Å². The van der Waals surface area contributed by atoms with Gasteiger partial charge in [0.25, 0.3) is 5.91 Å². The third-order valence-corrected chi connectivity index (χ3v) is 6.77.